The van der Waals surface area contributed by atoms with Crippen LogP contribution >= 0.6 is 0 Å². The molecule has 20 heavy (non-hydrogen) atoms. The van der Waals surface area contributed by atoms with Crippen molar-refractivity contribution in [2.45, 2.75) is 66.7 Å². The van der Waals surface area contributed by atoms with E-state index in [0.717, 1.165) is 31.8 Å². The maximum absolute atomic E-state index is 5.98. The van der Waals surface area contributed by atoms with Gasteiger partial charge in [0.05, 0.1) is 11.8 Å². The maximum Gasteiger partial charge on any atom is 0.0754 e. The van der Waals surface area contributed by atoms with Gasteiger partial charge in [-0.1, -0.05) is 20.8 Å². The first-order chi connectivity index (χ1) is 9.53. The molecule has 0 radical (unpaired) electrons. The van der Waals surface area contributed by atoms with Crippen molar-refractivity contribution in [3.63, 3.8) is 0 Å². The van der Waals surface area contributed by atoms with Crippen molar-refractivity contribution in [1.29, 1.82) is 0 Å². The Morgan fingerprint density at radius 3 is 2.50 bits per heavy atom. The van der Waals surface area contributed by atoms with Crippen LogP contribution in [-0.2, 0) is 17.7 Å². The van der Waals surface area contributed by atoms with Gasteiger partial charge in [0.25, 0.3) is 0 Å². The van der Waals surface area contributed by atoms with Crippen molar-refractivity contribution in [2.24, 2.45) is 5.92 Å². The van der Waals surface area contributed by atoms with E-state index in [2.05, 4.69) is 62.7 Å². The molecule has 1 rings (SSSR count). The highest BCUT2D eigenvalue weighted by Gasteiger charge is 2.25. The van der Waals surface area contributed by atoms with E-state index in [-0.39, 0.29) is 6.10 Å². The summed E-state index contributed by atoms with van der Waals surface area (Å²) in [4.78, 5) is 0. The first-order valence-corrected chi connectivity index (χ1v) is 7.91. The number of hydrogen-bond donors (Lipinski definition) is 1. The second kappa shape index (κ2) is 8.42. The van der Waals surface area contributed by atoms with Crippen molar-refractivity contribution >= 4 is 0 Å². The molecule has 1 aromatic rings. The fourth-order valence-electron chi connectivity index (χ4n) is 2.79. The Labute approximate surface area is 123 Å². The monoisotopic (exact) mass is 281 g/mol. The fraction of sp³-hybridized carbons (Fsp3) is 0.812. The Balaban J connectivity index is 2.89. The molecule has 1 heterocycles. The molecule has 0 fully saturated rings. The molecule has 0 aliphatic rings. The van der Waals surface area contributed by atoms with E-state index in [4.69, 9.17) is 4.74 Å². The lowest BCUT2D eigenvalue weighted by Crippen LogP contribution is -2.46. The van der Waals surface area contributed by atoms with Gasteiger partial charge in [-0.2, -0.15) is 5.10 Å². The van der Waals surface area contributed by atoms with Crippen LogP contribution in [0.5, 0.6) is 0 Å². The lowest BCUT2D eigenvalue weighted by Gasteiger charge is -2.30. The van der Waals surface area contributed by atoms with Gasteiger partial charge in [0.2, 0.25) is 0 Å². The summed E-state index contributed by atoms with van der Waals surface area (Å²) < 4.78 is 8.08. The predicted molar refractivity (Wildman–Crippen MR) is 84.1 cm³/mol. The number of nitrogens with one attached hydrogen (secondary N) is 1. The molecule has 0 aliphatic heterocycles. The van der Waals surface area contributed by atoms with Gasteiger partial charge in [-0.05, 0) is 39.3 Å². The van der Waals surface area contributed by atoms with Gasteiger partial charge in [0.15, 0.2) is 0 Å². The van der Waals surface area contributed by atoms with Crippen molar-refractivity contribution in [3.05, 3.63) is 17.5 Å². The third-order valence-electron chi connectivity index (χ3n) is 3.59. The van der Waals surface area contributed by atoms with Gasteiger partial charge >= 0.3 is 0 Å². The standard InChI is InChI=1S/C16H31N3O/c1-7-17-15(16(12(4)5)20-9-3)11-14-10-13(6)18-19(14)8-2/h10,12,15-17H,7-9,11H2,1-6H3. The van der Waals surface area contributed by atoms with E-state index in [0.29, 0.717) is 12.0 Å². The average molecular weight is 281 g/mol. The quantitative estimate of drug-likeness (QED) is 0.756. The molecule has 0 aromatic carbocycles. The molecule has 0 saturated heterocycles. The molecule has 0 aliphatic carbocycles. The lowest BCUT2D eigenvalue weighted by atomic mass is 9.95. The Morgan fingerprint density at radius 2 is 2.00 bits per heavy atom. The molecular weight excluding hydrogens is 250 g/mol. The molecule has 0 spiro atoms. The molecule has 1 N–H and O–H groups in total. The summed E-state index contributed by atoms with van der Waals surface area (Å²) >= 11 is 0. The Bertz CT molecular complexity index is 387. The SMILES string of the molecule is CCNC(Cc1cc(C)nn1CC)C(OCC)C(C)C. The van der Waals surface area contributed by atoms with Crippen LogP contribution in [0.15, 0.2) is 6.07 Å². The fourth-order valence-corrected chi connectivity index (χ4v) is 2.79. The second-order valence-electron chi connectivity index (χ2n) is 5.63. The summed E-state index contributed by atoms with van der Waals surface area (Å²) in [7, 11) is 0. The van der Waals surface area contributed by atoms with Crippen molar-refractivity contribution in [2.75, 3.05) is 13.2 Å². The Kier molecular flexibility index (Phi) is 7.24. The van der Waals surface area contributed by atoms with Crippen molar-refractivity contribution < 1.29 is 4.74 Å². The largest absolute Gasteiger partial charge is 0.377 e. The van der Waals surface area contributed by atoms with Gasteiger partial charge in [-0.3, -0.25) is 4.68 Å². The third kappa shape index (κ3) is 4.60. The highest BCUT2D eigenvalue weighted by Crippen LogP contribution is 2.16. The zero-order valence-electron chi connectivity index (χ0n) is 13.9. The summed E-state index contributed by atoms with van der Waals surface area (Å²) in [5.74, 6) is 0.498. The number of ether oxygens (including phenoxy) is 1. The van der Waals surface area contributed by atoms with Gasteiger partial charge in [0.1, 0.15) is 0 Å². The van der Waals surface area contributed by atoms with Gasteiger partial charge in [0, 0.05) is 31.3 Å². The molecular formula is C16H31N3O. The molecule has 0 amide bonds. The average Bonchev–Trinajstić information content (AvgIpc) is 2.75. The first kappa shape index (κ1) is 17.2. The molecule has 1 aromatic heterocycles. The minimum Gasteiger partial charge on any atom is -0.377 e. The summed E-state index contributed by atoms with van der Waals surface area (Å²) in [5, 5.41) is 8.13. The number of nitrogens with zero attached hydrogens (tertiary/aromatic N) is 2. The van der Waals surface area contributed by atoms with Crippen LogP contribution in [0.25, 0.3) is 0 Å². The number of hydrogen-bond acceptors (Lipinski definition) is 3. The van der Waals surface area contributed by atoms with E-state index in [1.165, 1.54) is 5.69 Å². The smallest absolute Gasteiger partial charge is 0.0754 e. The number of likely N-dealkylation sites (N-methyl/N-ethyl adjacent to an activating group) is 1. The zero-order chi connectivity index (χ0) is 15.1. The number of rotatable bonds is 9. The topological polar surface area (TPSA) is 39.1 Å². The minimum atomic E-state index is 0.237. The van der Waals surface area contributed by atoms with Crippen LogP contribution < -0.4 is 5.32 Å². The van der Waals surface area contributed by atoms with E-state index in [1.54, 1.807) is 0 Å². The molecule has 2 unspecified atom stereocenters. The normalized spacial score (nSPS) is 14.8. The predicted octanol–water partition coefficient (Wildman–Crippen LogP) is 2.79. The van der Waals surface area contributed by atoms with Gasteiger partial charge in [-0.25, -0.2) is 0 Å². The molecule has 116 valence electrons. The number of aryl methyl sites for hydroxylation is 2. The first-order valence-electron chi connectivity index (χ1n) is 7.91. The summed E-state index contributed by atoms with van der Waals surface area (Å²) in [6.45, 7) is 15.5. The molecule has 0 bridgehead atoms. The molecule has 2 atom stereocenters. The van der Waals surface area contributed by atoms with Crippen LogP contribution in [0.3, 0.4) is 0 Å². The van der Waals surface area contributed by atoms with Crippen LogP contribution in [0.1, 0.15) is 46.0 Å². The third-order valence-corrected chi connectivity index (χ3v) is 3.59. The van der Waals surface area contributed by atoms with E-state index in [1.807, 2.05) is 0 Å². The minimum absolute atomic E-state index is 0.237. The maximum atomic E-state index is 5.98. The lowest BCUT2D eigenvalue weighted by molar-refractivity contribution is 0.00352. The molecule has 0 saturated carbocycles. The van der Waals surface area contributed by atoms with Crippen molar-refractivity contribution in [1.82, 2.24) is 15.1 Å². The van der Waals surface area contributed by atoms with Crippen LogP contribution in [0, 0.1) is 12.8 Å². The van der Waals surface area contributed by atoms with E-state index < -0.39 is 0 Å². The summed E-state index contributed by atoms with van der Waals surface area (Å²) in [5.41, 5.74) is 2.39. The van der Waals surface area contributed by atoms with E-state index in [9.17, 15) is 0 Å². The summed E-state index contributed by atoms with van der Waals surface area (Å²) in [6.07, 6.45) is 1.20. The Morgan fingerprint density at radius 1 is 1.30 bits per heavy atom. The van der Waals surface area contributed by atoms with E-state index >= 15 is 0 Å². The zero-order valence-corrected chi connectivity index (χ0v) is 13.9. The highest BCUT2D eigenvalue weighted by atomic mass is 16.5. The van der Waals surface area contributed by atoms with Crippen molar-refractivity contribution in [3.8, 4) is 0 Å². The van der Waals surface area contributed by atoms with Crippen LogP contribution in [0.2, 0.25) is 0 Å². The van der Waals surface area contributed by atoms with Crippen LogP contribution in [0.4, 0.5) is 0 Å². The highest BCUT2D eigenvalue weighted by molar-refractivity contribution is 5.11. The van der Waals surface area contributed by atoms with Gasteiger partial charge < -0.3 is 10.1 Å². The number of aromatic nitrogens is 2. The molecule has 4 nitrogen and oxygen atoms in total. The summed E-state index contributed by atoms with van der Waals surface area (Å²) in [6, 6.07) is 2.53. The van der Waals surface area contributed by atoms with Crippen LogP contribution in [-0.4, -0.2) is 35.1 Å². The molecule has 4 heteroatoms. The van der Waals surface area contributed by atoms with Gasteiger partial charge in [-0.15, -0.1) is 0 Å². The Hall–Kier alpha value is -0.870. The second-order valence-corrected chi connectivity index (χ2v) is 5.63.